The van der Waals surface area contributed by atoms with Crippen molar-refractivity contribution in [1.82, 2.24) is 14.5 Å². The first-order chi connectivity index (χ1) is 33.9. The van der Waals surface area contributed by atoms with Crippen LogP contribution >= 0.6 is 0 Å². The molecule has 0 saturated carbocycles. The maximum absolute atomic E-state index is 12.4. The summed E-state index contributed by atoms with van der Waals surface area (Å²) in [6.07, 6.45) is 1.84. The molecule has 1 N–H and O–H groups in total. The summed E-state index contributed by atoms with van der Waals surface area (Å²) in [7, 11) is 0. The quantitative estimate of drug-likeness (QED) is 0.166. The van der Waals surface area contributed by atoms with Crippen molar-refractivity contribution in [2.45, 2.75) is 118 Å². The number of benzene rings is 6. The molecular weight excluding hydrogens is 779 g/mol. The second-order valence-electron chi connectivity index (χ2n) is 19.9. The molecule has 326 valence electrons. The van der Waals surface area contributed by atoms with Crippen molar-refractivity contribution in [2.24, 2.45) is 0 Å². The molecule has 0 aliphatic rings. The molecule has 4 heteroatoms. The van der Waals surface area contributed by atoms with Crippen LogP contribution in [0.3, 0.4) is 0 Å². The van der Waals surface area contributed by atoms with Gasteiger partial charge in [0.15, 0.2) is 0 Å². The second kappa shape index (κ2) is 16.7. The highest BCUT2D eigenvalue weighted by atomic mass is 16.3. The van der Waals surface area contributed by atoms with Gasteiger partial charge in [0.1, 0.15) is 11.6 Å². The molecule has 2 aromatic heterocycles. The molecule has 0 atom stereocenters. The number of phenolic OH excluding ortho intramolecular Hbond substituents is 1. The predicted molar refractivity (Wildman–Crippen MR) is 272 cm³/mol. The second-order valence-corrected chi connectivity index (χ2v) is 19.9. The van der Waals surface area contributed by atoms with E-state index in [2.05, 4.69) is 104 Å². The first kappa shape index (κ1) is 34.2. The lowest BCUT2D eigenvalue weighted by atomic mass is 9.83. The number of hydrogen-bond acceptors (Lipinski definition) is 3. The molecule has 0 radical (unpaired) electrons. The first-order valence-electron chi connectivity index (χ1n) is 26.8. The number of para-hydroxylation sites is 1. The van der Waals surface area contributed by atoms with Crippen LogP contribution in [0.5, 0.6) is 5.75 Å². The molecule has 6 aromatic carbocycles. The summed E-state index contributed by atoms with van der Waals surface area (Å²) in [5, 5.41) is 12.4. The van der Waals surface area contributed by atoms with Crippen molar-refractivity contribution in [3.8, 4) is 67.5 Å². The molecule has 0 aliphatic heterocycles. The minimum absolute atomic E-state index is 0.0205. The van der Waals surface area contributed by atoms with Gasteiger partial charge in [0.05, 0.1) is 28.0 Å². The number of phenols is 1. The minimum Gasteiger partial charge on any atom is -0.507 e. The lowest BCUT2D eigenvalue weighted by molar-refractivity contribution is 0.466. The van der Waals surface area contributed by atoms with E-state index < -0.39 is 26.0 Å². The van der Waals surface area contributed by atoms with Gasteiger partial charge in [-0.05, 0) is 127 Å². The van der Waals surface area contributed by atoms with Crippen molar-refractivity contribution in [2.75, 3.05) is 0 Å². The smallest absolute Gasteiger partial charge is 0.149 e. The zero-order valence-corrected chi connectivity index (χ0v) is 38.7. The molecule has 64 heavy (non-hydrogen) atoms. The van der Waals surface area contributed by atoms with Crippen LogP contribution in [0.15, 0.2) is 140 Å². The standard InChI is InChI=1S/C60H65N3O/c1-37(2)42-33-49(38(3)4)56(64)51(34-42)57-62-55-48(20-17-21-54(55)63(57)53-27-26-46(59(8,9)10)36-50(53)40-18-15-14-16-19-40)43-30-44(32-47(31-43)60(11,12)13)52-35-41(28-29-61-52)39-22-24-45(25-23-39)58(5,6)7/h14-38,64H,1-13H3/i8D3,9D3,10D3. The van der Waals surface area contributed by atoms with Crippen LogP contribution < -0.4 is 0 Å². The fourth-order valence-corrected chi connectivity index (χ4v) is 8.49. The number of imidazole rings is 1. The van der Waals surface area contributed by atoms with Gasteiger partial charge in [-0.25, -0.2) is 4.98 Å². The molecule has 8 aromatic rings. The van der Waals surface area contributed by atoms with Gasteiger partial charge in [0, 0.05) is 35.2 Å². The van der Waals surface area contributed by atoms with Gasteiger partial charge >= 0.3 is 0 Å². The normalized spacial score (nSPS) is 15.2. The maximum Gasteiger partial charge on any atom is 0.149 e. The molecular formula is C60H65N3O. The Labute approximate surface area is 394 Å². The molecule has 2 heterocycles. The summed E-state index contributed by atoms with van der Waals surface area (Å²) in [6, 6.07) is 42.6. The van der Waals surface area contributed by atoms with Crippen LogP contribution in [0.25, 0.3) is 72.7 Å². The average molecular weight is 853 g/mol. The Morgan fingerprint density at radius 3 is 1.88 bits per heavy atom. The molecule has 0 saturated heterocycles. The zero-order chi connectivity index (χ0) is 53.4. The summed E-state index contributed by atoms with van der Waals surface area (Å²) in [5.41, 5.74) is 8.77. The fourth-order valence-electron chi connectivity index (χ4n) is 8.49. The van der Waals surface area contributed by atoms with Crippen LogP contribution in [-0.4, -0.2) is 19.6 Å². The molecule has 0 bridgehead atoms. The highest BCUT2D eigenvalue weighted by Gasteiger charge is 2.27. The minimum atomic E-state index is -3.48. The van der Waals surface area contributed by atoms with Crippen molar-refractivity contribution in [1.29, 1.82) is 0 Å². The molecule has 0 spiro atoms. The Morgan fingerprint density at radius 1 is 0.531 bits per heavy atom. The van der Waals surface area contributed by atoms with E-state index in [-0.39, 0.29) is 34.0 Å². The lowest BCUT2D eigenvalue weighted by Gasteiger charge is -2.23. The average Bonchev–Trinajstić information content (AvgIpc) is 3.69. The van der Waals surface area contributed by atoms with Gasteiger partial charge in [-0.15, -0.1) is 0 Å². The molecule has 0 unspecified atom stereocenters. The van der Waals surface area contributed by atoms with Crippen LogP contribution in [0, 0.1) is 0 Å². The fraction of sp³-hybridized carbons (Fsp3) is 0.300. The van der Waals surface area contributed by atoms with Gasteiger partial charge < -0.3 is 5.11 Å². The van der Waals surface area contributed by atoms with Crippen LogP contribution in [0.1, 0.15) is 142 Å². The van der Waals surface area contributed by atoms with E-state index in [1.54, 1.807) is 18.2 Å². The Balaban J connectivity index is 1.46. The number of aromatic nitrogens is 3. The highest BCUT2D eigenvalue weighted by Crippen LogP contribution is 2.45. The Kier molecular flexibility index (Phi) is 8.92. The summed E-state index contributed by atoms with van der Waals surface area (Å²) < 4.78 is 79.4. The van der Waals surface area contributed by atoms with E-state index in [0.29, 0.717) is 39.2 Å². The van der Waals surface area contributed by atoms with E-state index in [1.165, 1.54) is 17.7 Å². The van der Waals surface area contributed by atoms with Crippen molar-refractivity contribution >= 4 is 11.0 Å². The first-order valence-corrected chi connectivity index (χ1v) is 22.3. The summed E-state index contributed by atoms with van der Waals surface area (Å²) in [5.74, 6) is 0.441. The summed E-state index contributed by atoms with van der Waals surface area (Å²) in [4.78, 5) is 10.4. The summed E-state index contributed by atoms with van der Waals surface area (Å²) in [6.45, 7) is 10.9. The lowest BCUT2D eigenvalue weighted by Crippen LogP contribution is -2.12. The third kappa shape index (κ3) is 8.68. The number of pyridine rings is 1. The SMILES string of the molecule is [2H]C([2H])([2H])C(c1ccc(-n2c(-c3cc(C(C)C)cc(C(C)C)c3O)nc3c(-c4cc(-c5cc(-c6ccc(C(C)(C)C)cc6)ccn5)cc(C(C)(C)C)c4)cccc32)c(-c2ccccc2)c1)(C([2H])([2H])[2H])C([2H])([2H])[2H]. The maximum atomic E-state index is 12.4. The van der Waals surface area contributed by atoms with E-state index >= 15 is 0 Å². The Hall–Kier alpha value is -6.26. The van der Waals surface area contributed by atoms with Gasteiger partial charge in [-0.1, -0.05) is 175 Å². The molecule has 0 aliphatic carbocycles. The molecule has 8 rings (SSSR count). The van der Waals surface area contributed by atoms with Crippen molar-refractivity contribution in [3.05, 3.63) is 167 Å². The Morgan fingerprint density at radius 2 is 1.22 bits per heavy atom. The van der Waals surface area contributed by atoms with Gasteiger partial charge in [0.2, 0.25) is 0 Å². The number of rotatable bonds is 8. The number of aromatic hydroxyl groups is 1. The van der Waals surface area contributed by atoms with E-state index in [4.69, 9.17) is 22.3 Å². The zero-order valence-electron chi connectivity index (χ0n) is 47.7. The van der Waals surface area contributed by atoms with Gasteiger partial charge in [0.25, 0.3) is 0 Å². The Bertz CT molecular complexity index is 3300. The topological polar surface area (TPSA) is 50.9 Å². The van der Waals surface area contributed by atoms with Gasteiger partial charge in [-0.2, -0.15) is 0 Å². The predicted octanol–water partition coefficient (Wildman–Crippen LogP) is 16.6. The number of fused-ring (bicyclic) bond motifs is 1. The third-order valence-electron chi connectivity index (χ3n) is 12.4. The molecule has 4 nitrogen and oxygen atoms in total. The molecule has 0 fully saturated rings. The third-order valence-corrected chi connectivity index (χ3v) is 12.4. The van der Waals surface area contributed by atoms with Crippen molar-refractivity contribution < 1.29 is 17.4 Å². The van der Waals surface area contributed by atoms with Crippen LogP contribution in [0.2, 0.25) is 0 Å². The highest BCUT2D eigenvalue weighted by molar-refractivity contribution is 5.98. The monoisotopic (exact) mass is 853 g/mol. The number of hydrogen-bond donors (Lipinski definition) is 1. The van der Waals surface area contributed by atoms with E-state index in [0.717, 1.165) is 50.2 Å². The number of nitrogens with zero attached hydrogens (tertiary/aromatic N) is 3. The largest absolute Gasteiger partial charge is 0.507 e. The van der Waals surface area contributed by atoms with Crippen molar-refractivity contribution in [3.63, 3.8) is 0 Å². The molecule has 0 amide bonds. The van der Waals surface area contributed by atoms with Gasteiger partial charge in [-0.3, -0.25) is 9.55 Å². The van der Waals surface area contributed by atoms with Crippen LogP contribution in [0.4, 0.5) is 0 Å². The summed E-state index contributed by atoms with van der Waals surface area (Å²) >= 11 is 0. The van der Waals surface area contributed by atoms with Crippen LogP contribution in [-0.2, 0) is 16.2 Å². The van der Waals surface area contributed by atoms with E-state index in [9.17, 15) is 5.11 Å². The van der Waals surface area contributed by atoms with E-state index in [1.807, 2.05) is 79.2 Å².